The Morgan fingerprint density at radius 2 is 2.00 bits per heavy atom. The van der Waals surface area contributed by atoms with Crippen LogP contribution in [0.4, 0.5) is 4.79 Å². The van der Waals surface area contributed by atoms with Gasteiger partial charge in [0.25, 0.3) is 0 Å². The molecule has 2 fully saturated rings. The van der Waals surface area contributed by atoms with Crippen molar-refractivity contribution in [1.82, 2.24) is 4.90 Å². The zero-order chi connectivity index (χ0) is 15.3. The lowest BCUT2D eigenvalue weighted by Crippen LogP contribution is -2.56. The number of carbonyl (C=O) groups excluding carboxylic acids is 2. The fourth-order valence-corrected chi connectivity index (χ4v) is 3.00. The first-order chi connectivity index (χ1) is 9.12. The maximum atomic E-state index is 12.4. The van der Waals surface area contributed by atoms with Crippen molar-refractivity contribution in [2.45, 2.75) is 52.7 Å². The summed E-state index contributed by atoms with van der Waals surface area (Å²) in [6.07, 6.45) is 0.326. The van der Waals surface area contributed by atoms with Gasteiger partial charge in [-0.25, -0.2) is 4.79 Å². The number of hydrogen-bond acceptors (Lipinski definition) is 4. The number of nitriles is 1. The second kappa shape index (κ2) is 4.47. The first kappa shape index (κ1) is 14.8. The van der Waals surface area contributed by atoms with Crippen molar-refractivity contribution in [1.29, 1.82) is 5.26 Å². The van der Waals surface area contributed by atoms with Crippen LogP contribution in [0.5, 0.6) is 0 Å². The molecule has 20 heavy (non-hydrogen) atoms. The van der Waals surface area contributed by atoms with Crippen LogP contribution in [0.15, 0.2) is 0 Å². The van der Waals surface area contributed by atoms with Gasteiger partial charge in [0.2, 0.25) is 0 Å². The van der Waals surface area contributed by atoms with Gasteiger partial charge in [-0.15, -0.1) is 0 Å². The molecule has 2 rings (SSSR count). The van der Waals surface area contributed by atoms with E-state index in [2.05, 4.69) is 6.07 Å². The van der Waals surface area contributed by atoms with Crippen molar-refractivity contribution in [3.63, 3.8) is 0 Å². The molecule has 0 bridgehead atoms. The van der Waals surface area contributed by atoms with Gasteiger partial charge in [-0.2, -0.15) is 5.26 Å². The van der Waals surface area contributed by atoms with E-state index in [1.807, 2.05) is 27.7 Å². The molecule has 1 aliphatic carbocycles. The van der Waals surface area contributed by atoms with E-state index in [9.17, 15) is 14.9 Å². The Morgan fingerprint density at radius 3 is 2.40 bits per heavy atom. The van der Waals surface area contributed by atoms with Gasteiger partial charge in [-0.1, -0.05) is 6.92 Å². The fourth-order valence-electron chi connectivity index (χ4n) is 3.00. The van der Waals surface area contributed by atoms with Gasteiger partial charge in [-0.05, 0) is 40.0 Å². The van der Waals surface area contributed by atoms with E-state index < -0.39 is 29.1 Å². The summed E-state index contributed by atoms with van der Waals surface area (Å²) in [5, 5.41) is 9.26. The maximum absolute atomic E-state index is 12.4. The van der Waals surface area contributed by atoms with Crippen molar-refractivity contribution in [3.05, 3.63) is 0 Å². The summed E-state index contributed by atoms with van der Waals surface area (Å²) in [6.45, 7) is 9.54. The van der Waals surface area contributed by atoms with Crippen molar-refractivity contribution in [2.75, 3.05) is 6.54 Å². The summed E-state index contributed by atoms with van der Waals surface area (Å²) in [5.41, 5.74) is -1.09. The van der Waals surface area contributed by atoms with Gasteiger partial charge in [0.05, 0.1) is 17.5 Å². The fraction of sp³-hybridized carbons (Fsp3) is 0.800. The quantitative estimate of drug-likeness (QED) is 0.682. The molecule has 2 unspecified atom stereocenters. The molecule has 0 aromatic rings. The Hall–Kier alpha value is -1.57. The lowest BCUT2D eigenvalue weighted by Gasteiger charge is -2.40. The molecule has 1 heterocycles. The highest BCUT2D eigenvalue weighted by atomic mass is 16.6. The van der Waals surface area contributed by atoms with Crippen LogP contribution in [0.2, 0.25) is 0 Å². The predicted molar refractivity (Wildman–Crippen MR) is 72.7 cm³/mol. The minimum absolute atomic E-state index is 0.000177. The molecular weight excluding hydrogens is 256 g/mol. The number of Topliss-reactive ketones (excluding diaryl/α,β-unsaturated/α-hetero) is 1. The van der Waals surface area contributed by atoms with Crippen LogP contribution >= 0.6 is 0 Å². The van der Waals surface area contributed by atoms with Gasteiger partial charge in [0, 0.05) is 6.54 Å². The van der Waals surface area contributed by atoms with E-state index in [0.29, 0.717) is 6.54 Å². The Bertz CT molecular complexity index is 488. The van der Waals surface area contributed by atoms with Crippen molar-refractivity contribution >= 4 is 11.9 Å². The van der Waals surface area contributed by atoms with Gasteiger partial charge in [0.15, 0.2) is 5.78 Å². The Labute approximate surface area is 119 Å². The van der Waals surface area contributed by atoms with Gasteiger partial charge in [0.1, 0.15) is 11.5 Å². The number of piperidine rings is 1. The van der Waals surface area contributed by atoms with Crippen LogP contribution in [0.1, 0.15) is 41.0 Å². The smallest absolute Gasteiger partial charge is 0.410 e. The van der Waals surface area contributed by atoms with Crippen LogP contribution in [-0.4, -0.2) is 35.0 Å². The van der Waals surface area contributed by atoms with Crippen LogP contribution in [-0.2, 0) is 9.53 Å². The Balaban J connectivity index is 2.24. The van der Waals surface area contributed by atoms with E-state index in [-0.39, 0.29) is 11.7 Å². The normalized spacial score (nSPS) is 36.7. The summed E-state index contributed by atoms with van der Waals surface area (Å²) >= 11 is 0. The zero-order valence-electron chi connectivity index (χ0n) is 12.8. The topological polar surface area (TPSA) is 70.4 Å². The molecule has 0 radical (unpaired) electrons. The number of ketones is 1. The van der Waals surface area contributed by atoms with Crippen molar-refractivity contribution < 1.29 is 14.3 Å². The minimum atomic E-state index is -0.749. The molecule has 1 amide bonds. The lowest BCUT2D eigenvalue weighted by molar-refractivity contribution is -0.133. The molecule has 5 heteroatoms. The second-order valence-electron chi connectivity index (χ2n) is 7.08. The van der Waals surface area contributed by atoms with Crippen LogP contribution in [0, 0.1) is 28.6 Å². The number of ether oxygens (including phenoxy) is 1. The van der Waals surface area contributed by atoms with Crippen molar-refractivity contribution in [2.24, 2.45) is 17.3 Å². The van der Waals surface area contributed by atoms with E-state index in [0.717, 1.165) is 6.42 Å². The number of carbonyl (C=O) groups is 2. The number of hydrogen-bond donors (Lipinski definition) is 0. The van der Waals surface area contributed by atoms with E-state index in [1.54, 1.807) is 11.8 Å². The van der Waals surface area contributed by atoms with E-state index in [1.165, 1.54) is 0 Å². The maximum Gasteiger partial charge on any atom is 0.410 e. The summed E-state index contributed by atoms with van der Waals surface area (Å²) in [6, 6.07) is 1.64. The molecule has 1 saturated carbocycles. The average molecular weight is 278 g/mol. The summed E-state index contributed by atoms with van der Waals surface area (Å²) < 4.78 is 5.40. The molecule has 1 aliphatic heterocycles. The first-order valence-electron chi connectivity index (χ1n) is 7.06. The number of amides is 1. The minimum Gasteiger partial charge on any atom is -0.444 e. The largest absolute Gasteiger partial charge is 0.444 e. The molecule has 1 spiro atoms. The molecule has 4 atom stereocenters. The Kier molecular flexibility index (Phi) is 3.32. The standard InChI is InChI=1S/C15H22N2O3/c1-9-6-15(9)8-17(13(19)20-14(3,4)5)10(2)11(7-16)12(15)18/h9-11H,6,8H2,1-5H3/t9-,10+,11?,15?/m1/s1. The first-order valence-corrected chi connectivity index (χ1v) is 7.06. The molecular formula is C15H22N2O3. The second-order valence-corrected chi connectivity index (χ2v) is 7.08. The van der Waals surface area contributed by atoms with Crippen LogP contribution in [0.3, 0.4) is 0 Å². The third-order valence-electron chi connectivity index (χ3n) is 4.42. The van der Waals surface area contributed by atoms with Crippen LogP contribution < -0.4 is 0 Å². The molecule has 0 N–H and O–H groups in total. The highest BCUT2D eigenvalue weighted by Crippen LogP contribution is 2.57. The lowest BCUT2D eigenvalue weighted by atomic mass is 9.80. The summed E-state index contributed by atoms with van der Waals surface area (Å²) in [4.78, 5) is 26.3. The molecule has 5 nitrogen and oxygen atoms in total. The SMILES string of the molecule is C[C@@H]1CC12CN(C(=O)OC(C)(C)C)[C@@H](C)C(C#N)C2=O. The molecule has 0 aromatic heterocycles. The van der Waals surface area contributed by atoms with Crippen LogP contribution in [0.25, 0.3) is 0 Å². The monoisotopic (exact) mass is 278 g/mol. The van der Waals surface area contributed by atoms with Gasteiger partial charge >= 0.3 is 6.09 Å². The Morgan fingerprint density at radius 1 is 1.45 bits per heavy atom. The highest BCUT2D eigenvalue weighted by molar-refractivity contribution is 5.94. The molecule has 0 aromatic carbocycles. The highest BCUT2D eigenvalue weighted by Gasteiger charge is 2.64. The third-order valence-corrected chi connectivity index (χ3v) is 4.42. The third kappa shape index (κ3) is 2.28. The zero-order valence-corrected chi connectivity index (χ0v) is 12.8. The molecule has 2 aliphatic rings. The molecule has 110 valence electrons. The number of nitrogens with zero attached hydrogens (tertiary/aromatic N) is 2. The number of likely N-dealkylation sites (tertiary alicyclic amines) is 1. The summed E-state index contributed by atoms with van der Waals surface area (Å²) in [7, 11) is 0. The van der Waals surface area contributed by atoms with Gasteiger partial charge in [-0.3, -0.25) is 4.79 Å². The average Bonchev–Trinajstić information content (AvgIpc) is 2.94. The predicted octanol–water partition coefficient (Wildman–Crippen LogP) is 2.36. The molecule has 1 saturated heterocycles. The van der Waals surface area contributed by atoms with Crippen molar-refractivity contribution in [3.8, 4) is 6.07 Å². The number of rotatable bonds is 0. The summed E-state index contributed by atoms with van der Waals surface area (Å²) in [5.74, 6) is -0.510. The van der Waals surface area contributed by atoms with E-state index >= 15 is 0 Å². The van der Waals surface area contributed by atoms with E-state index in [4.69, 9.17) is 4.74 Å². The van der Waals surface area contributed by atoms with Gasteiger partial charge < -0.3 is 9.64 Å².